The van der Waals surface area contributed by atoms with Crippen LogP contribution in [0.15, 0.2) is 24.3 Å². The van der Waals surface area contributed by atoms with E-state index < -0.39 is 0 Å². The standard InChI is InChI=1S/C12H15ClO/c13-11-6-3-7-12(8-11)14-9-10-4-1-2-5-10/h3,6-8,10H,1-2,4-5,9H2. The van der Waals surface area contributed by atoms with Gasteiger partial charge < -0.3 is 4.74 Å². The molecule has 2 heteroatoms. The highest BCUT2D eigenvalue weighted by molar-refractivity contribution is 6.30. The minimum absolute atomic E-state index is 0.744. The van der Waals surface area contributed by atoms with Crippen molar-refractivity contribution in [3.8, 4) is 5.75 Å². The molecule has 0 aromatic heterocycles. The molecule has 0 bridgehead atoms. The van der Waals surface area contributed by atoms with Gasteiger partial charge in [-0.3, -0.25) is 0 Å². The molecule has 1 fully saturated rings. The van der Waals surface area contributed by atoms with Crippen LogP contribution in [0, 0.1) is 5.92 Å². The highest BCUT2D eigenvalue weighted by Crippen LogP contribution is 2.26. The summed E-state index contributed by atoms with van der Waals surface area (Å²) in [6, 6.07) is 7.62. The molecule has 1 aromatic rings. The zero-order chi connectivity index (χ0) is 9.80. The van der Waals surface area contributed by atoms with Crippen molar-refractivity contribution in [2.45, 2.75) is 25.7 Å². The highest BCUT2D eigenvalue weighted by atomic mass is 35.5. The molecule has 0 saturated heterocycles. The number of rotatable bonds is 3. The first-order valence-electron chi connectivity index (χ1n) is 5.23. The van der Waals surface area contributed by atoms with Gasteiger partial charge in [0.2, 0.25) is 0 Å². The Bertz CT molecular complexity index is 292. The van der Waals surface area contributed by atoms with Crippen LogP contribution in [0.1, 0.15) is 25.7 Å². The first-order chi connectivity index (χ1) is 6.84. The summed E-state index contributed by atoms with van der Waals surface area (Å²) in [6.07, 6.45) is 5.37. The Morgan fingerprint density at radius 3 is 2.79 bits per heavy atom. The lowest BCUT2D eigenvalue weighted by Crippen LogP contribution is -2.07. The SMILES string of the molecule is Clc1cccc(OCC2CCCC2)c1. The van der Waals surface area contributed by atoms with Gasteiger partial charge in [0.05, 0.1) is 6.61 Å². The average Bonchev–Trinajstić information content (AvgIpc) is 2.67. The van der Waals surface area contributed by atoms with Crippen LogP contribution in [0.5, 0.6) is 5.75 Å². The predicted octanol–water partition coefficient (Wildman–Crippen LogP) is 3.91. The molecule has 0 unspecified atom stereocenters. The molecule has 0 aliphatic heterocycles. The van der Waals surface area contributed by atoms with Gasteiger partial charge in [-0.1, -0.05) is 30.5 Å². The second kappa shape index (κ2) is 4.70. The molecular formula is C12H15ClO. The number of hydrogen-bond donors (Lipinski definition) is 0. The molecule has 1 nitrogen and oxygen atoms in total. The molecule has 1 saturated carbocycles. The quantitative estimate of drug-likeness (QED) is 0.735. The fraction of sp³-hybridized carbons (Fsp3) is 0.500. The zero-order valence-electron chi connectivity index (χ0n) is 8.21. The summed E-state index contributed by atoms with van der Waals surface area (Å²) in [6.45, 7) is 0.848. The van der Waals surface area contributed by atoms with Crippen LogP contribution in [0.3, 0.4) is 0 Å². The lowest BCUT2D eigenvalue weighted by Gasteiger charge is -2.11. The van der Waals surface area contributed by atoms with Crippen molar-refractivity contribution < 1.29 is 4.74 Å². The van der Waals surface area contributed by atoms with E-state index in [-0.39, 0.29) is 0 Å². The molecule has 1 aliphatic rings. The van der Waals surface area contributed by atoms with Crippen molar-refractivity contribution in [2.75, 3.05) is 6.61 Å². The van der Waals surface area contributed by atoms with Crippen molar-refractivity contribution >= 4 is 11.6 Å². The van der Waals surface area contributed by atoms with Crippen molar-refractivity contribution in [2.24, 2.45) is 5.92 Å². The Morgan fingerprint density at radius 1 is 1.29 bits per heavy atom. The normalized spacial score (nSPS) is 17.2. The van der Waals surface area contributed by atoms with Gasteiger partial charge in [0, 0.05) is 5.02 Å². The smallest absolute Gasteiger partial charge is 0.120 e. The Hall–Kier alpha value is -0.690. The molecule has 2 rings (SSSR count). The number of hydrogen-bond acceptors (Lipinski definition) is 1. The van der Waals surface area contributed by atoms with Crippen LogP contribution in [-0.2, 0) is 0 Å². The Morgan fingerprint density at radius 2 is 2.07 bits per heavy atom. The van der Waals surface area contributed by atoms with Gasteiger partial charge >= 0.3 is 0 Å². The topological polar surface area (TPSA) is 9.23 Å². The second-order valence-corrected chi connectivity index (χ2v) is 4.36. The van der Waals surface area contributed by atoms with E-state index in [1.165, 1.54) is 25.7 Å². The maximum atomic E-state index is 5.86. The van der Waals surface area contributed by atoms with Gasteiger partial charge in [-0.05, 0) is 37.0 Å². The van der Waals surface area contributed by atoms with Crippen molar-refractivity contribution in [1.29, 1.82) is 0 Å². The third kappa shape index (κ3) is 2.65. The molecule has 0 atom stereocenters. The van der Waals surface area contributed by atoms with Crippen LogP contribution in [0.4, 0.5) is 0 Å². The van der Waals surface area contributed by atoms with Gasteiger partial charge in [-0.15, -0.1) is 0 Å². The maximum absolute atomic E-state index is 5.86. The van der Waals surface area contributed by atoms with E-state index in [0.29, 0.717) is 0 Å². The first kappa shape index (κ1) is 9.85. The molecule has 14 heavy (non-hydrogen) atoms. The first-order valence-corrected chi connectivity index (χ1v) is 5.61. The molecule has 0 N–H and O–H groups in total. The molecule has 0 radical (unpaired) electrons. The van der Waals surface area contributed by atoms with E-state index in [1.54, 1.807) is 0 Å². The molecule has 0 amide bonds. The van der Waals surface area contributed by atoms with Gasteiger partial charge in [0.1, 0.15) is 5.75 Å². The van der Waals surface area contributed by atoms with E-state index in [0.717, 1.165) is 23.3 Å². The Kier molecular flexibility index (Phi) is 3.30. The Balaban J connectivity index is 1.85. The summed E-state index contributed by atoms with van der Waals surface area (Å²) in [5, 5.41) is 0.744. The monoisotopic (exact) mass is 210 g/mol. The largest absolute Gasteiger partial charge is 0.493 e. The summed E-state index contributed by atoms with van der Waals surface area (Å²) in [5.41, 5.74) is 0. The Labute approximate surface area is 90.0 Å². The maximum Gasteiger partial charge on any atom is 0.120 e. The number of ether oxygens (including phenoxy) is 1. The van der Waals surface area contributed by atoms with Crippen molar-refractivity contribution in [1.82, 2.24) is 0 Å². The fourth-order valence-electron chi connectivity index (χ4n) is 1.95. The van der Waals surface area contributed by atoms with E-state index in [1.807, 2.05) is 24.3 Å². The summed E-state index contributed by atoms with van der Waals surface area (Å²) in [5.74, 6) is 1.65. The average molecular weight is 211 g/mol. The van der Waals surface area contributed by atoms with E-state index >= 15 is 0 Å². The predicted molar refractivity (Wildman–Crippen MR) is 58.9 cm³/mol. The summed E-state index contributed by atoms with van der Waals surface area (Å²) in [7, 11) is 0. The molecular weight excluding hydrogens is 196 g/mol. The molecule has 1 aliphatic carbocycles. The summed E-state index contributed by atoms with van der Waals surface area (Å²) in [4.78, 5) is 0. The van der Waals surface area contributed by atoms with E-state index in [2.05, 4.69) is 0 Å². The highest BCUT2D eigenvalue weighted by Gasteiger charge is 2.15. The number of halogens is 1. The van der Waals surface area contributed by atoms with Gasteiger partial charge in [0.25, 0.3) is 0 Å². The van der Waals surface area contributed by atoms with Gasteiger partial charge in [-0.2, -0.15) is 0 Å². The minimum Gasteiger partial charge on any atom is -0.493 e. The van der Waals surface area contributed by atoms with E-state index in [4.69, 9.17) is 16.3 Å². The fourth-order valence-corrected chi connectivity index (χ4v) is 2.13. The molecule has 0 heterocycles. The van der Waals surface area contributed by atoms with Gasteiger partial charge in [-0.25, -0.2) is 0 Å². The van der Waals surface area contributed by atoms with Crippen LogP contribution in [-0.4, -0.2) is 6.61 Å². The molecule has 0 spiro atoms. The molecule has 76 valence electrons. The second-order valence-electron chi connectivity index (χ2n) is 3.92. The summed E-state index contributed by atoms with van der Waals surface area (Å²) >= 11 is 5.86. The number of benzene rings is 1. The summed E-state index contributed by atoms with van der Waals surface area (Å²) < 4.78 is 5.69. The third-order valence-corrected chi connectivity index (χ3v) is 2.99. The van der Waals surface area contributed by atoms with Crippen LogP contribution < -0.4 is 4.74 Å². The van der Waals surface area contributed by atoms with Crippen LogP contribution in [0.25, 0.3) is 0 Å². The minimum atomic E-state index is 0.744. The van der Waals surface area contributed by atoms with Gasteiger partial charge in [0.15, 0.2) is 0 Å². The van der Waals surface area contributed by atoms with Crippen LogP contribution >= 0.6 is 11.6 Å². The van der Waals surface area contributed by atoms with Crippen molar-refractivity contribution in [3.05, 3.63) is 29.3 Å². The zero-order valence-corrected chi connectivity index (χ0v) is 8.96. The third-order valence-electron chi connectivity index (χ3n) is 2.76. The van der Waals surface area contributed by atoms with Crippen LogP contribution in [0.2, 0.25) is 5.02 Å². The lowest BCUT2D eigenvalue weighted by atomic mass is 10.1. The van der Waals surface area contributed by atoms with Crippen molar-refractivity contribution in [3.63, 3.8) is 0 Å². The molecule has 1 aromatic carbocycles. The lowest BCUT2D eigenvalue weighted by molar-refractivity contribution is 0.252. The van der Waals surface area contributed by atoms with E-state index in [9.17, 15) is 0 Å².